The van der Waals surface area contributed by atoms with Crippen molar-refractivity contribution >= 4 is 18.3 Å². The molecule has 64 heavy (non-hydrogen) atoms. The molecule has 2 saturated carbocycles. The van der Waals surface area contributed by atoms with Crippen LogP contribution in [-0.4, -0.2) is 140 Å². The zero-order valence-electron chi connectivity index (χ0n) is 36.3. The summed E-state index contributed by atoms with van der Waals surface area (Å²) in [4.78, 5) is 41.8. The number of fused-ring (bicyclic) bond motifs is 5. The molecule has 0 aromatic heterocycles. The predicted molar refractivity (Wildman–Crippen MR) is 220 cm³/mol. The van der Waals surface area contributed by atoms with Gasteiger partial charge in [-0.2, -0.15) is 0 Å². The molecule has 3 N–H and O–H groups in total. The van der Waals surface area contributed by atoms with Gasteiger partial charge in [0.2, 0.25) is 0 Å². The van der Waals surface area contributed by atoms with Crippen LogP contribution in [0.25, 0.3) is 0 Å². The minimum atomic E-state index is -0.937. The Morgan fingerprint density at radius 2 is 1.38 bits per heavy atom. The van der Waals surface area contributed by atoms with Crippen LogP contribution in [0.2, 0.25) is 0 Å². The van der Waals surface area contributed by atoms with Crippen LogP contribution in [0.1, 0.15) is 69.9 Å². The number of carbonyl (C=O) groups excluding carboxylic acids is 3. The van der Waals surface area contributed by atoms with Crippen molar-refractivity contribution in [1.29, 1.82) is 0 Å². The van der Waals surface area contributed by atoms with Gasteiger partial charge in [-0.1, -0.05) is 80.9 Å². The third-order valence-corrected chi connectivity index (χ3v) is 14.2. The van der Waals surface area contributed by atoms with Crippen LogP contribution in [0, 0.1) is 11.8 Å². The van der Waals surface area contributed by atoms with Crippen LogP contribution >= 0.6 is 0 Å². The Morgan fingerprint density at radius 1 is 0.719 bits per heavy atom. The molecule has 2 aromatic rings. The minimum Gasteiger partial charge on any atom is -0.445 e. The van der Waals surface area contributed by atoms with Gasteiger partial charge in [0, 0.05) is 31.7 Å². The van der Waals surface area contributed by atoms with Crippen LogP contribution < -0.4 is 10.6 Å². The molecule has 17 atom stereocenters. The second-order valence-electron chi connectivity index (χ2n) is 18.6. The molecule has 2 aliphatic carbocycles. The van der Waals surface area contributed by atoms with Crippen LogP contribution in [0.4, 0.5) is 14.4 Å². The fraction of sp³-hybridized carbons (Fsp3) is 0.674. The van der Waals surface area contributed by atoms with Crippen LogP contribution in [0.15, 0.2) is 60.7 Å². The number of ether oxygens (including phenoxy) is 11. The SMILES string of the molecule is CC1C[C@@H]2OC(O[C@H]3OC(CO)[C@@H](C)[C@@H]4OC34)C3C(OC(=O)N3C)C2O[C@@H]1O[C@@H]1C(NC(=O)OCc2ccccc2)C[C@@H](NC(=O)OCc2ccccc2)C2OC3(CCCCC3)O[C@H]21. The van der Waals surface area contributed by atoms with Crippen LogP contribution in [0.5, 0.6) is 0 Å². The molecule has 3 amide bonds. The number of likely N-dealkylation sites (N-methyl/N-ethyl adjacent to an activating group) is 1. The number of nitrogens with zero attached hydrogens (tertiary/aromatic N) is 1. The molecule has 2 aromatic carbocycles. The first-order chi connectivity index (χ1) is 31.1. The van der Waals surface area contributed by atoms with Gasteiger partial charge in [-0.05, 0) is 36.8 Å². The van der Waals surface area contributed by atoms with Gasteiger partial charge < -0.3 is 67.8 Å². The lowest BCUT2D eigenvalue weighted by Gasteiger charge is -2.50. The fourth-order valence-electron chi connectivity index (χ4n) is 10.7. The highest BCUT2D eigenvalue weighted by Crippen LogP contribution is 2.48. The third-order valence-electron chi connectivity index (χ3n) is 14.2. The van der Waals surface area contributed by atoms with Crippen LogP contribution in [-0.2, 0) is 65.3 Å². The van der Waals surface area contributed by atoms with Crippen molar-refractivity contribution in [1.82, 2.24) is 15.5 Å². The predicted octanol–water partition coefficient (Wildman–Crippen LogP) is 4.24. The van der Waals surface area contributed by atoms with E-state index in [0.717, 1.165) is 30.4 Å². The summed E-state index contributed by atoms with van der Waals surface area (Å²) >= 11 is 0. The molecule has 9 unspecified atom stereocenters. The summed E-state index contributed by atoms with van der Waals surface area (Å²) in [6.45, 7) is 3.89. The smallest absolute Gasteiger partial charge is 0.410 e. The normalized spacial score (nSPS) is 40.5. The van der Waals surface area contributed by atoms with Crippen molar-refractivity contribution < 1.29 is 71.6 Å². The number of rotatable bonds is 11. The molecule has 348 valence electrons. The van der Waals surface area contributed by atoms with Crippen molar-refractivity contribution in [3.63, 3.8) is 0 Å². The van der Waals surface area contributed by atoms with Gasteiger partial charge >= 0.3 is 18.3 Å². The summed E-state index contributed by atoms with van der Waals surface area (Å²) in [5.41, 5.74) is 1.66. The molecule has 18 nitrogen and oxygen atoms in total. The van der Waals surface area contributed by atoms with Crippen molar-refractivity contribution in [2.45, 2.75) is 170 Å². The molecule has 6 saturated heterocycles. The number of hydrogen-bond donors (Lipinski definition) is 3. The first-order valence-electron chi connectivity index (χ1n) is 22.8. The summed E-state index contributed by atoms with van der Waals surface area (Å²) in [6, 6.07) is 16.7. The first-order valence-corrected chi connectivity index (χ1v) is 22.8. The van der Waals surface area contributed by atoms with Gasteiger partial charge in [-0.3, -0.25) is 4.90 Å². The number of nitrogens with one attached hydrogen (secondary N) is 2. The van der Waals surface area contributed by atoms with Gasteiger partial charge in [-0.15, -0.1) is 0 Å². The summed E-state index contributed by atoms with van der Waals surface area (Å²) in [5, 5.41) is 16.1. The Hall–Kier alpha value is -4.11. The lowest BCUT2D eigenvalue weighted by atomic mass is 9.83. The molecule has 8 aliphatic rings. The number of alkyl carbamates (subject to hydrolysis) is 2. The number of carbonyl (C=O) groups is 3. The lowest BCUT2D eigenvalue weighted by molar-refractivity contribution is -0.361. The number of aliphatic hydroxyl groups excluding tert-OH is 1. The summed E-state index contributed by atoms with van der Waals surface area (Å²) < 4.78 is 70.1. The average molecular weight is 894 g/mol. The lowest BCUT2D eigenvalue weighted by Crippen LogP contribution is -2.67. The molecular weight excluding hydrogens is 835 g/mol. The quantitative estimate of drug-likeness (QED) is 0.213. The van der Waals surface area contributed by atoms with E-state index in [-0.39, 0.29) is 50.3 Å². The Labute approximate surface area is 371 Å². The van der Waals surface area contributed by atoms with Crippen LogP contribution in [0.3, 0.4) is 0 Å². The maximum Gasteiger partial charge on any atom is 0.410 e. The van der Waals surface area contributed by atoms with Gasteiger partial charge in [0.05, 0.1) is 37.0 Å². The van der Waals surface area contributed by atoms with E-state index in [0.29, 0.717) is 19.3 Å². The maximum absolute atomic E-state index is 13.7. The van der Waals surface area contributed by atoms with Gasteiger partial charge in [0.25, 0.3) is 0 Å². The molecule has 6 aliphatic heterocycles. The maximum atomic E-state index is 13.7. The Balaban J connectivity index is 0.889. The van der Waals surface area contributed by atoms with E-state index in [1.807, 2.05) is 74.5 Å². The van der Waals surface area contributed by atoms with Gasteiger partial charge in [0.1, 0.15) is 49.8 Å². The molecule has 0 radical (unpaired) electrons. The number of aliphatic hydroxyl groups is 1. The van der Waals surface area contributed by atoms with Crippen molar-refractivity contribution in [2.24, 2.45) is 11.8 Å². The Bertz CT molecular complexity index is 1960. The Morgan fingerprint density at radius 3 is 2.05 bits per heavy atom. The van der Waals surface area contributed by atoms with Crippen molar-refractivity contribution in [3.05, 3.63) is 71.8 Å². The molecule has 18 heteroatoms. The number of epoxide rings is 1. The van der Waals surface area contributed by atoms with E-state index in [1.54, 1.807) is 7.05 Å². The van der Waals surface area contributed by atoms with Gasteiger partial charge in [-0.25, -0.2) is 14.4 Å². The van der Waals surface area contributed by atoms with Gasteiger partial charge in [0.15, 0.2) is 30.8 Å². The molecular formula is C46H59N3O15. The molecule has 8 fully saturated rings. The zero-order valence-corrected chi connectivity index (χ0v) is 36.3. The molecule has 0 bridgehead atoms. The van der Waals surface area contributed by atoms with E-state index < -0.39 is 104 Å². The highest BCUT2D eigenvalue weighted by atomic mass is 16.8. The monoisotopic (exact) mass is 893 g/mol. The van der Waals surface area contributed by atoms with E-state index in [2.05, 4.69) is 10.6 Å². The second-order valence-corrected chi connectivity index (χ2v) is 18.6. The summed E-state index contributed by atoms with van der Waals surface area (Å²) in [5.74, 6) is -1.18. The standard InChI is InChI=1S/C46H59N3O15/c1-24-19-30-36(37-32(49(3)45(53)61-37)41(56-30)62-42-39-33(58-39)25(2)31(21-50)57-42)60-40(24)59-34-28(47-43(51)54-22-26-13-7-4-8-14-26)20-29(48-44(52)55-23-27-15-9-5-10-16-27)35-38(34)64-46(63-35)17-11-6-12-18-46/h4-5,7-10,13-16,24-25,28-42,50H,6,11-12,17-23H2,1-3H3,(H,47,51)(H,48,52)/t24?,25-,28?,29-,30+,31?,32?,33+,34-,35?,36?,37?,38+,39?,40+,41?,42-/m1/s1. The first kappa shape index (κ1) is 43.8. The minimum absolute atomic E-state index is 0.00463. The molecule has 1 spiro atoms. The fourth-order valence-corrected chi connectivity index (χ4v) is 10.7. The highest BCUT2D eigenvalue weighted by Gasteiger charge is 2.64. The largest absolute Gasteiger partial charge is 0.445 e. The number of amides is 3. The summed E-state index contributed by atoms with van der Waals surface area (Å²) in [7, 11) is 1.62. The zero-order chi connectivity index (χ0) is 44.1. The molecule has 6 heterocycles. The van der Waals surface area contributed by atoms with Crippen molar-refractivity contribution in [3.8, 4) is 0 Å². The van der Waals surface area contributed by atoms with E-state index in [1.165, 1.54) is 4.90 Å². The topological polar surface area (TPSA) is 204 Å². The van der Waals surface area contributed by atoms with E-state index >= 15 is 0 Å². The number of benzene rings is 2. The second kappa shape index (κ2) is 18.3. The summed E-state index contributed by atoms with van der Waals surface area (Å²) in [6.07, 6.45) is -4.88. The third kappa shape index (κ3) is 8.80. The van der Waals surface area contributed by atoms with E-state index in [4.69, 9.17) is 52.1 Å². The average Bonchev–Trinajstić information content (AvgIpc) is 3.95. The Kier molecular flexibility index (Phi) is 12.5. The molecule has 10 rings (SSSR count). The number of hydrogen-bond acceptors (Lipinski definition) is 15. The highest BCUT2D eigenvalue weighted by molar-refractivity contribution is 5.71. The van der Waals surface area contributed by atoms with E-state index in [9.17, 15) is 19.5 Å². The van der Waals surface area contributed by atoms with Crippen molar-refractivity contribution in [2.75, 3.05) is 13.7 Å².